The molecular weight excluding hydrogens is 300 g/mol. The van der Waals surface area contributed by atoms with Crippen LogP contribution in [0.15, 0.2) is 35.2 Å². The molecule has 22 heavy (non-hydrogen) atoms. The Labute approximate surface area is 132 Å². The molecule has 1 fully saturated rings. The van der Waals surface area contributed by atoms with E-state index in [2.05, 4.69) is 10.0 Å². The molecule has 0 saturated heterocycles. The van der Waals surface area contributed by atoms with Gasteiger partial charge in [0.25, 0.3) is 0 Å². The summed E-state index contributed by atoms with van der Waals surface area (Å²) in [5, 5.41) is 10.0. The van der Waals surface area contributed by atoms with Gasteiger partial charge in [0.2, 0.25) is 10.0 Å². The molecule has 7 heteroatoms. The highest BCUT2D eigenvalue weighted by Gasteiger charge is 2.23. The molecule has 1 saturated carbocycles. The van der Waals surface area contributed by atoms with Crippen LogP contribution in [0.2, 0.25) is 0 Å². The van der Waals surface area contributed by atoms with Crippen LogP contribution in [0.3, 0.4) is 0 Å². The fourth-order valence-electron chi connectivity index (χ4n) is 2.80. The molecule has 0 radical (unpaired) electrons. The van der Waals surface area contributed by atoms with E-state index in [1.54, 1.807) is 30.3 Å². The lowest BCUT2D eigenvalue weighted by atomic mass is 9.82. The van der Waals surface area contributed by atoms with Gasteiger partial charge in [0, 0.05) is 13.1 Å². The Kier molecular flexibility index (Phi) is 5.79. The van der Waals surface area contributed by atoms with Crippen molar-refractivity contribution in [1.29, 1.82) is 5.41 Å². The molecule has 0 bridgehead atoms. The van der Waals surface area contributed by atoms with Crippen molar-refractivity contribution >= 4 is 16.0 Å². The Hall–Kier alpha value is -1.60. The summed E-state index contributed by atoms with van der Waals surface area (Å²) in [5.41, 5.74) is 5.28. The molecule has 1 aliphatic carbocycles. The molecule has 5 N–H and O–H groups in total. The summed E-state index contributed by atoms with van der Waals surface area (Å²) in [6.07, 6.45) is 4.08. The van der Waals surface area contributed by atoms with Crippen LogP contribution >= 0.6 is 0 Å². The van der Waals surface area contributed by atoms with Crippen molar-refractivity contribution in [1.82, 2.24) is 10.0 Å². The lowest BCUT2D eigenvalue weighted by Gasteiger charge is -2.28. The zero-order valence-electron chi connectivity index (χ0n) is 12.6. The minimum Gasteiger partial charge on any atom is -0.370 e. The van der Waals surface area contributed by atoms with Crippen molar-refractivity contribution in [2.45, 2.75) is 30.6 Å². The first-order valence-corrected chi connectivity index (χ1v) is 9.08. The first-order valence-electron chi connectivity index (χ1n) is 7.60. The Morgan fingerprint density at radius 1 is 1.09 bits per heavy atom. The minimum absolute atomic E-state index is 0.0118. The van der Waals surface area contributed by atoms with Crippen molar-refractivity contribution in [3.8, 4) is 0 Å². The molecule has 0 unspecified atom stereocenters. The maximum absolute atomic E-state index is 12.2. The van der Waals surface area contributed by atoms with Crippen LogP contribution in [-0.2, 0) is 10.0 Å². The van der Waals surface area contributed by atoms with Crippen molar-refractivity contribution in [2.75, 3.05) is 13.1 Å². The molecule has 0 spiro atoms. The zero-order chi connectivity index (χ0) is 16.0. The number of guanidine groups is 1. The van der Waals surface area contributed by atoms with E-state index in [0.717, 1.165) is 32.2 Å². The first-order chi connectivity index (χ1) is 10.5. The summed E-state index contributed by atoms with van der Waals surface area (Å²) in [7, 11) is -3.40. The minimum atomic E-state index is -3.40. The monoisotopic (exact) mass is 324 g/mol. The van der Waals surface area contributed by atoms with Crippen LogP contribution in [0.25, 0.3) is 0 Å². The molecule has 2 rings (SSSR count). The molecular formula is C15H24N4O2S. The van der Waals surface area contributed by atoms with Gasteiger partial charge < -0.3 is 11.1 Å². The molecule has 6 nitrogen and oxygen atoms in total. The Morgan fingerprint density at radius 2 is 1.64 bits per heavy atom. The van der Waals surface area contributed by atoms with E-state index in [0.29, 0.717) is 23.3 Å². The van der Waals surface area contributed by atoms with E-state index in [4.69, 9.17) is 11.1 Å². The van der Waals surface area contributed by atoms with E-state index in [-0.39, 0.29) is 5.96 Å². The summed E-state index contributed by atoms with van der Waals surface area (Å²) in [6.45, 7) is 1.22. The maximum atomic E-state index is 12.2. The highest BCUT2D eigenvalue weighted by Crippen LogP contribution is 2.28. The topological polar surface area (TPSA) is 108 Å². The average molecular weight is 324 g/mol. The number of benzene rings is 1. The highest BCUT2D eigenvalue weighted by molar-refractivity contribution is 7.89. The number of hydrogen-bond donors (Lipinski definition) is 4. The molecule has 1 aromatic rings. The van der Waals surface area contributed by atoms with Crippen molar-refractivity contribution in [3.05, 3.63) is 30.3 Å². The summed E-state index contributed by atoms with van der Waals surface area (Å²) in [5.74, 6) is 0.913. The van der Waals surface area contributed by atoms with Gasteiger partial charge in [-0.25, -0.2) is 13.1 Å². The van der Waals surface area contributed by atoms with Crippen LogP contribution in [0.4, 0.5) is 0 Å². The third-order valence-corrected chi connectivity index (χ3v) is 5.60. The Bertz CT molecular complexity index is 581. The first kappa shape index (κ1) is 16.8. The molecule has 0 aliphatic heterocycles. The zero-order valence-corrected chi connectivity index (χ0v) is 13.4. The average Bonchev–Trinajstić information content (AvgIpc) is 2.53. The Morgan fingerprint density at radius 3 is 2.18 bits per heavy atom. The molecule has 0 aromatic heterocycles. The quantitative estimate of drug-likeness (QED) is 0.466. The molecule has 122 valence electrons. The molecule has 0 heterocycles. The summed E-state index contributed by atoms with van der Waals surface area (Å²) >= 11 is 0. The van der Waals surface area contributed by atoms with E-state index < -0.39 is 10.0 Å². The van der Waals surface area contributed by atoms with Crippen LogP contribution in [0.1, 0.15) is 25.7 Å². The van der Waals surface area contributed by atoms with Gasteiger partial charge in [0.1, 0.15) is 0 Å². The number of sulfonamides is 1. The van der Waals surface area contributed by atoms with Gasteiger partial charge in [0.05, 0.1) is 4.90 Å². The van der Waals surface area contributed by atoms with Crippen LogP contribution in [0.5, 0.6) is 0 Å². The summed E-state index contributed by atoms with van der Waals surface area (Å²) in [6, 6.07) is 8.46. The third-order valence-electron chi connectivity index (χ3n) is 4.16. The molecule has 1 aliphatic rings. The van der Waals surface area contributed by atoms with Crippen molar-refractivity contribution < 1.29 is 8.42 Å². The number of hydrogen-bond acceptors (Lipinski definition) is 3. The SMILES string of the molecule is N=C(N)NC[C@H]1CC[C@H](CNS(=O)(=O)c2ccccc2)CC1. The standard InChI is InChI=1S/C15H24N4O2S/c16-15(17)18-10-12-6-8-13(9-7-12)11-19-22(20,21)14-4-2-1-3-5-14/h1-5,12-13,19H,6-11H2,(H4,16,17,18)/t12-,13-. The van der Waals surface area contributed by atoms with E-state index in [1.165, 1.54) is 0 Å². The van der Waals surface area contributed by atoms with Gasteiger partial charge in [-0.05, 0) is 49.7 Å². The molecule has 1 aromatic carbocycles. The molecule has 0 atom stereocenters. The normalized spacial score (nSPS) is 22.2. The van der Waals surface area contributed by atoms with E-state index >= 15 is 0 Å². The number of nitrogens with one attached hydrogen (secondary N) is 3. The second-order valence-corrected chi connectivity index (χ2v) is 7.61. The van der Waals surface area contributed by atoms with Crippen LogP contribution in [0, 0.1) is 17.2 Å². The highest BCUT2D eigenvalue weighted by atomic mass is 32.2. The van der Waals surface area contributed by atoms with Crippen molar-refractivity contribution in [2.24, 2.45) is 17.6 Å². The van der Waals surface area contributed by atoms with Crippen molar-refractivity contribution in [3.63, 3.8) is 0 Å². The van der Waals surface area contributed by atoms with Gasteiger partial charge >= 0.3 is 0 Å². The second-order valence-electron chi connectivity index (χ2n) is 5.85. The second kappa shape index (κ2) is 7.60. The predicted molar refractivity (Wildman–Crippen MR) is 87.0 cm³/mol. The number of nitrogens with two attached hydrogens (primary N) is 1. The van der Waals surface area contributed by atoms with E-state index in [9.17, 15) is 8.42 Å². The van der Waals surface area contributed by atoms with Crippen LogP contribution < -0.4 is 15.8 Å². The third kappa shape index (κ3) is 4.99. The van der Waals surface area contributed by atoms with E-state index in [1.807, 2.05) is 0 Å². The lowest BCUT2D eigenvalue weighted by molar-refractivity contribution is 0.275. The van der Waals surface area contributed by atoms with Gasteiger partial charge in [0.15, 0.2) is 5.96 Å². The fraction of sp³-hybridized carbons (Fsp3) is 0.533. The lowest BCUT2D eigenvalue weighted by Crippen LogP contribution is -2.37. The molecule has 0 amide bonds. The number of rotatable bonds is 6. The summed E-state index contributed by atoms with van der Waals surface area (Å²) < 4.78 is 27.0. The van der Waals surface area contributed by atoms with Gasteiger partial charge in [-0.3, -0.25) is 5.41 Å². The largest absolute Gasteiger partial charge is 0.370 e. The van der Waals surface area contributed by atoms with Gasteiger partial charge in [-0.15, -0.1) is 0 Å². The van der Waals surface area contributed by atoms with Gasteiger partial charge in [-0.2, -0.15) is 0 Å². The fourth-order valence-corrected chi connectivity index (χ4v) is 3.94. The summed E-state index contributed by atoms with van der Waals surface area (Å²) in [4.78, 5) is 0.314. The predicted octanol–water partition coefficient (Wildman–Crippen LogP) is 1.25. The maximum Gasteiger partial charge on any atom is 0.240 e. The Balaban J connectivity index is 1.76. The van der Waals surface area contributed by atoms with Crippen LogP contribution in [-0.4, -0.2) is 27.5 Å². The smallest absolute Gasteiger partial charge is 0.240 e. The van der Waals surface area contributed by atoms with Gasteiger partial charge in [-0.1, -0.05) is 18.2 Å².